The molecule has 0 aromatic carbocycles. The van der Waals surface area contributed by atoms with Crippen molar-refractivity contribution in [2.45, 2.75) is 31.7 Å². The zero-order chi connectivity index (χ0) is 17.2. The molecule has 6 nitrogen and oxygen atoms in total. The van der Waals surface area contributed by atoms with E-state index in [1.165, 1.54) is 0 Å². The lowest BCUT2D eigenvalue weighted by Gasteiger charge is -2.37. The first-order valence-corrected chi connectivity index (χ1v) is 9.38. The molecule has 0 unspecified atom stereocenters. The molecule has 136 valence electrons. The quantitative estimate of drug-likeness (QED) is 0.752. The normalized spacial score (nSPS) is 29.8. The molecule has 0 saturated carbocycles. The Kier molecular flexibility index (Phi) is 4.90. The van der Waals surface area contributed by atoms with Crippen molar-refractivity contribution in [2.75, 3.05) is 46.1 Å². The summed E-state index contributed by atoms with van der Waals surface area (Å²) in [7, 11) is 0. The Morgan fingerprint density at radius 3 is 2.28 bits per heavy atom. The molecular formula is C19H26N2O4. The molecule has 2 saturated heterocycles. The second-order valence-electron chi connectivity index (χ2n) is 7.29. The van der Waals surface area contributed by atoms with Gasteiger partial charge in [-0.25, -0.2) is 0 Å². The average molecular weight is 346 g/mol. The number of ether oxygens (including phenoxy) is 2. The summed E-state index contributed by atoms with van der Waals surface area (Å²) >= 11 is 0. The molecule has 4 aliphatic heterocycles. The second kappa shape index (κ2) is 7.30. The number of hydrogen-bond acceptors (Lipinski definition) is 4. The fraction of sp³-hybridized carbons (Fsp3) is 0.684. The zero-order valence-electron chi connectivity index (χ0n) is 14.6. The molecule has 0 bridgehead atoms. The van der Waals surface area contributed by atoms with Gasteiger partial charge in [-0.15, -0.1) is 0 Å². The lowest BCUT2D eigenvalue weighted by molar-refractivity contribution is -0.132. The van der Waals surface area contributed by atoms with Gasteiger partial charge in [-0.05, 0) is 18.8 Å². The first-order valence-electron chi connectivity index (χ1n) is 9.38. The standard InChI is InChI=1S/C19H26N2O4/c22-18(14-3-8-24-9-4-14)20-12-16-2-1-7-21(17(16)13-20)19(23)15-5-10-25-11-6-15/h3,5,16-17H,1-2,4,6-13H2/t16-,17+/m0/s1. The van der Waals surface area contributed by atoms with Crippen LogP contribution in [0.15, 0.2) is 23.3 Å². The van der Waals surface area contributed by atoms with Crippen LogP contribution in [0.5, 0.6) is 0 Å². The van der Waals surface area contributed by atoms with Gasteiger partial charge in [0.05, 0.1) is 32.5 Å². The number of carbonyl (C=O) groups excluding carboxylic acids is 2. The van der Waals surface area contributed by atoms with E-state index in [1.54, 1.807) is 0 Å². The minimum absolute atomic E-state index is 0.135. The van der Waals surface area contributed by atoms with Crippen molar-refractivity contribution < 1.29 is 19.1 Å². The Hall–Kier alpha value is -1.66. The summed E-state index contributed by atoms with van der Waals surface area (Å²) in [6.07, 6.45) is 7.34. The number of hydrogen-bond donors (Lipinski definition) is 0. The fourth-order valence-electron chi connectivity index (χ4n) is 4.43. The molecule has 6 heteroatoms. The molecule has 2 atom stereocenters. The molecule has 0 spiro atoms. The first-order chi connectivity index (χ1) is 12.2. The van der Waals surface area contributed by atoms with Gasteiger partial charge < -0.3 is 19.3 Å². The van der Waals surface area contributed by atoms with Crippen LogP contribution in [0.4, 0.5) is 0 Å². The van der Waals surface area contributed by atoms with Crippen molar-refractivity contribution in [2.24, 2.45) is 5.92 Å². The van der Waals surface area contributed by atoms with E-state index in [0.717, 1.165) is 37.1 Å². The van der Waals surface area contributed by atoms with Gasteiger partial charge in [0.25, 0.3) is 0 Å². The van der Waals surface area contributed by atoms with E-state index in [1.807, 2.05) is 22.0 Å². The van der Waals surface area contributed by atoms with Gasteiger partial charge in [0.15, 0.2) is 0 Å². The third-order valence-corrected chi connectivity index (χ3v) is 5.80. The number of amides is 2. The number of likely N-dealkylation sites (tertiary alicyclic amines) is 2. The van der Waals surface area contributed by atoms with Crippen LogP contribution in [0.2, 0.25) is 0 Å². The molecule has 0 N–H and O–H groups in total. The van der Waals surface area contributed by atoms with Crippen LogP contribution in [0.3, 0.4) is 0 Å². The molecule has 4 heterocycles. The monoisotopic (exact) mass is 346 g/mol. The molecule has 2 amide bonds. The largest absolute Gasteiger partial charge is 0.377 e. The fourth-order valence-corrected chi connectivity index (χ4v) is 4.43. The predicted molar refractivity (Wildman–Crippen MR) is 91.8 cm³/mol. The van der Waals surface area contributed by atoms with Crippen molar-refractivity contribution in [3.63, 3.8) is 0 Å². The van der Waals surface area contributed by atoms with Gasteiger partial charge in [-0.2, -0.15) is 0 Å². The average Bonchev–Trinajstić information content (AvgIpc) is 3.12. The van der Waals surface area contributed by atoms with Crippen LogP contribution in [-0.2, 0) is 19.1 Å². The molecule has 4 aliphatic rings. The summed E-state index contributed by atoms with van der Waals surface area (Å²) in [6, 6.07) is 0.161. The minimum atomic E-state index is 0.135. The van der Waals surface area contributed by atoms with E-state index in [2.05, 4.69) is 0 Å². The zero-order valence-corrected chi connectivity index (χ0v) is 14.6. The van der Waals surface area contributed by atoms with Crippen molar-refractivity contribution in [1.29, 1.82) is 0 Å². The Morgan fingerprint density at radius 2 is 1.64 bits per heavy atom. The highest BCUT2D eigenvalue weighted by atomic mass is 16.5. The highest BCUT2D eigenvalue weighted by Gasteiger charge is 2.43. The number of nitrogens with zero attached hydrogens (tertiary/aromatic N) is 2. The lowest BCUT2D eigenvalue weighted by atomic mass is 9.91. The van der Waals surface area contributed by atoms with Gasteiger partial charge in [-0.1, -0.05) is 12.2 Å². The maximum Gasteiger partial charge on any atom is 0.249 e. The maximum atomic E-state index is 12.9. The van der Waals surface area contributed by atoms with E-state index in [9.17, 15) is 9.59 Å². The van der Waals surface area contributed by atoms with Crippen LogP contribution >= 0.6 is 0 Å². The predicted octanol–water partition coefficient (Wildman–Crippen LogP) is 1.13. The van der Waals surface area contributed by atoms with Gasteiger partial charge >= 0.3 is 0 Å². The van der Waals surface area contributed by atoms with Crippen LogP contribution in [0.1, 0.15) is 25.7 Å². The summed E-state index contributed by atoms with van der Waals surface area (Å²) in [4.78, 5) is 29.7. The van der Waals surface area contributed by atoms with Crippen molar-refractivity contribution in [3.8, 4) is 0 Å². The van der Waals surface area contributed by atoms with Gasteiger partial charge in [-0.3, -0.25) is 9.59 Å². The molecule has 25 heavy (non-hydrogen) atoms. The summed E-state index contributed by atoms with van der Waals surface area (Å²) in [5.41, 5.74) is 1.75. The van der Waals surface area contributed by atoms with Crippen molar-refractivity contribution in [1.82, 2.24) is 9.80 Å². The number of carbonyl (C=O) groups is 2. The van der Waals surface area contributed by atoms with E-state index in [4.69, 9.17) is 9.47 Å². The van der Waals surface area contributed by atoms with Crippen molar-refractivity contribution >= 4 is 11.8 Å². The number of fused-ring (bicyclic) bond motifs is 1. The third kappa shape index (κ3) is 3.37. The molecule has 0 aliphatic carbocycles. The molecule has 0 aromatic heterocycles. The lowest BCUT2D eigenvalue weighted by Crippen LogP contribution is -2.49. The molecule has 2 fully saturated rings. The van der Waals surface area contributed by atoms with E-state index < -0.39 is 0 Å². The Labute approximate surface area is 148 Å². The summed E-state index contributed by atoms with van der Waals surface area (Å²) in [6.45, 7) is 4.55. The third-order valence-electron chi connectivity index (χ3n) is 5.80. The van der Waals surface area contributed by atoms with Crippen LogP contribution in [0.25, 0.3) is 0 Å². The highest BCUT2D eigenvalue weighted by Crippen LogP contribution is 2.33. The van der Waals surface area contributed by atoms with E-state index >= 15 is 0 Å². The topological polar surface area (TPSA) is 59.1 Å². The SMILES string of the molecule is O=C(C1=CCOCC1)N1C[C@@H]2CCCN(C(=O)C3=CCOCC3)[C@@H]2C1. The van der Waals surface area contributed by atoms with Gasteiger partial charge in [0, 0.05) is 43.6 Å². The highest BCUT2D eigenvalue weighted by molar-refractivity contribution is 5.95. The second-order valence-corrected chi connectivity index (χ2v) is 7.29. The first kappa shape index (κ1) is 16.8. The summed E-state index contributed by atoms with van der Waals surface area (Å²) in [5.74, 6) is 0.690. The smallest absolute Gasteiger partial charge is 0.249 e. The number of rotatable bonds is 2. The number of piperidine rings is 1. The maximum absolute atomic E-state index is 12.9. The van der Waals surface area contributed by atoms with Crippen LogP contribution in [-0.4, -0.2) is 73.7 Å². The van der Waals surface area contributed by atoms with Crippen LogP contribution < -0.4 is 0 Å². The molecular weight excluding hydrogens is 320 g/mol. The Bertz CT molecular complexity index is 613. The molecule has 0 aromatic rings. The van der Waals surface area contributed by atoms with Gasteiger partial charge in [0.1, 0.15) is 0 Å². The van der Waals surface area contributed by atoms with Gasteiger partial charge in [0.2, 0.25) is 11.8 Å². The van der Waals surface area contributed by atoms with E-state index in [0.29, 0.717) is 51.7 Å². The van der Waals surface area contributed by atoms with Crippen LogP contribution in [0, 0.1) is 5.92 Å². The summed E-state index contributed by atoms with van der Waals surface area (Å²) < 4.78 is 10.6. The molecule has 4 rings (SSSR count). The summed E-state index contributed by atoms with van der Waals surface area (Å²) in [5, 5.41) is 0. The van der Waals surface area contributed by atoms with Crippen molar-refractivity contribution in [3.05, 3.63) is 23.3 Å². The Balaban J connectivity index is 1.46. The minimum Gasteiger partial charge on any atom is -0.377 e. The Morgan fingerprint density at radius 1 is 0.960 bits per heavy atom. The van der Waals surface area contributed by atoms with E-state index in [-0.39, 0.29) is 17.9 Å². The molecule has 0 radical (unpaired) electrons.